The van der Waals surface area contributed by atoms with Crippen molar-refractivity contribution in [2.24, 2.45) is 0 Å². The van der Waals surface area contributed by atoms with Gasteiger partial charge in [-0.25, -0.2) is 4.98 Å². The van der Waals surface area contributed by atoms with Crippen LogP contribution >= 0.6 is 0 Å². The number of rotatable bonds is 6. The zero-order chi connectivity index (χ0) is 20.5. The lowest BCUT2D eigenvalue weighted by Crippen LogP contribution is -2.43. The number of imidazole rings is 1. The number of benzene rings is 1. The molecule has 2 aromatic rings. The van der Waals surface area contributed by atoms with Gasteiger partial charge in [0, 0.05) is 38.9 Å². The smallest absolute Gasteiger partial charge is 0.253 e. The summed E-state index contributed by atoms with van der Waals surface area (Å²) in [5.74, 6) is 0.638. The Hall–Kier alpha value is -3.03. The Morgan fingerprint density at radius 2 is 2.10 bits per heavy atom. The molecule has 4 rings (SSSR count). The number of carbonyl (C=O) groups excluding carboxylic acids is 2. The highest BCUT2D eigenvalue weighted by atomic mass is 16.5. The van der Waals surface area contributed by atoms with Gasteiger partial charge >= 0.3 is 0 Å². The quantitative estimate of drug-likeness (QED) is 0.804. The summed E-state index contributed by atoms with van der Waals surface area (Å²) in [5.41, 5.74) is 2.46. The van der Waals surface area contributed by atoms with Crippen molar-refractivity contribution in [2.45, 2.75) is 37.9 Å². The molecule has 2 aliphatic rings. The Morgan fingerprint density at radius 1 is 1.31 bits per heavy atom. The third kappa shape index (κ3) is 4.06. The van der Waals surface area contributed by atoms with E-state index in [0.717, 1.165) is 17.1 Å². The van der Waals surface area contributed by atoms with Crippen LogP contribution < -0.4 is 15.0 Å². The third-order valence-electron chi connectivity index (χ3n) is 5.55. The second kappa shape index (κ2) is 7.77. The number of carbonyl (C=O) groups is 2. The second-order valence-corrected chi connectivity index (χ2v) is 7.96. The fourth-order valence-electron chi connectivity index (χ4n) is 3.62. The maximum atomic E-state index is 12.5. The van der Waals surface area contributed by atoms with Gasteiger partial charge in [-0.05, 0) is 31.0 Å². The van der Waals surface area contributed by atoms with E-state index in [0.29, 0.717) is 31.2 Å². The predicted molar refractivity (Wildman–Crippen MR) is 109 cm³/mol. The van der Waals surface area contributed by atoms with Gasteiger partial charge in [-0.1, -0.05) is 0 Å². The van der Waals surface area contributed by atoms with Crippen LogP contribution in [-0.2, 0) is 11.3 Å². The first kappa shape index (κ1) is 19.3. The maximum absolute atomic E-state index is 12.5. The number of nitrogens with zero attached hydrogens (tertiary/aromatic N) is 4. The van der Waals surface area contributed by atoms with E-state index in [1.807, 2.05) is 36.6 Å². The summed E-state index contributed by atoms with van der Waals surface area (Å²) in [5, 5.41) is 3.00. The minimum Gasteiger partial charge on any atom is -0.489 e. The van der Waals surface area contributed by atoms with Crippen LogP contribution in [0.25, 0.3) is 0 Å². The fourth-order valence-corrected chi connectivity index (χ4v) is 3.62. The molecule has 1 aromatic carbocycles. The number of aromatic nitrogens is 2. The van der Waals surface area contributed by atoms with Crippen molar-refractivity contribution >= 4 is 17.5 Å². The van der Waals surface area contributed by atoms with Crippen LogP contribution in [-0.4, -0.2) is 60.1 Å². The fraction of sp³-hybridized carbons (Fsp3) is 0.476. The van der Waals surface area contributed by atoms with Gasteiger partial charge in [-0.2, -0.15) is 0 Å². The second-order valence-electron chi connectivity index (χ2n) is 7.96. The van der Waals surface area contributed by atoms with E-state index in [2.05, 4.69) is 14.9 Å². The van der Waals surface area contributed by atoms with Crippen molar-refractivity contribution in [1.82, 2.24) is 19.8 Å². The van der Waals surface area contributed by atoms with Crippen LogP contribution in [0, 0.1) is 0 Å². The van der Waals surface area contributed by atoms with E-state index in [1.54, 1.807) is 25.1 Å². The molecule has 154 valence electrons. The number of anilines is 1. The zero-order valence-corrected chi connectivity index (χ0v) is 17.1. The average molecular weight is 397 g/mol. The number of hydrogen-bond acceptors (Lipinski definition) is 5. The molecule has 2 heterocycles. The lowest BCUT2D eigenvalue weighted by molar-refractivity contribution is -0.121. The van der Waals surface area contributed by atoms with Gasteiger partial charge in [-0.15, -0.1) is 0 Å². The Kier molecular flexibility index (Phi) is 5.17. The Morgan fingerprint density at radius 3 is 2.83 bits per heavy atom. The Bertz CT molecular complexity index is 919. The van der Waals surface area contributed by atoms with Crippen molar-refractivity contribution in [1.29, 1.82) is 0 Å². The molecule has 29 heavy (non-hydrogen) atoms. The summed E-state index contributed by atoms with van der Waals surface area (Å²) in [6.07, 6.45) is 6.33. The first-order valence-electron chi connectivity index (χ1n) is 9.92. The molecule has 8 heteroatoms. The Balaban J connectivity index is 1.38. The van der Waals surface area contributed by atoms with Gasteiger partial charge < -0.3 is 24.4 Å². The number of amides is 2. The molecule has 0 bridgehead atoms. The third-order valence-corrected chi connectivity index (χ3v) is 5.55. The number of hydrogen-bond donors (Lipinski definition) is 1. The molecule has 1 N–H and O–H groups in total. The molecule has 1 aliphatic heterocycles. The molecule has 0 unspecified atom stereocenters. The molecule has 2 amide bonds. The highest BCUT2D eigenvalue weighted by Crippen LogP contribution is 2.36. The summed E-state index contributed by atoms with van der Waals surface area (Å²) in [6, 6.07) is 5.86. The molecule has 1 aromatic heterocycles. The van der Waals surface area contributed by atoms with Crippen molar-refractivity contribution in [3.63, 3.8) is 0 Å². The lowest BCUT2D eigenvalue weighted by Gasteiger charge is -2.35. The van der Waals surface area contributed by atoms with Crippen molar-refractivity contribution in [2.75, 3.05) is 32.6 Å². The van der Waals surface area contributed by atoms with Crippen LogP contribution in [0.15, 0.2) is 30.7 Å². The molecule has 1 fully saturated rings. The van der Waals surface area contributed by atoms with Gasteiger partial charge in [0.05, 0.1) is 36.7 Å². The van der Waals surface area contributed by atoms with E-state index in [1.165, 1.54) is 12.8 Å². The molecular formula is C21H27N5O3. The van der Waals surface area contributed by atoms with Crippen molar-refractivity contribution in [3.8, 4) is 5.75 Å². The summed E-state index contributed by atoms with van der Waals surface area (Å²) in [6.45, 7) is 0.905. The number of likely N-dealkylation sites (N-methyl/N-ethyl adjacent to an activating group) is 1. The van der Waals surface area contributed by atoms with Crippen LogP contribution in [0.4, 0.5) is 5.69 Å². The van der Waals surface area contributed by atoms with Crippen molar-refractivity contribution < 1.29 is 14.3 Å². The SMILES string of the molecule is CN(C)C(=O)c1ccc2c(c1)N(C)[C@@H](CC(=O)NCc1cncn1C1CC1)CO2. The molecular weight excluding hydrogens is 370 g/mol. The molecule has 1 aliphatic carbocycles. The van der Waals surface area contributed by atoms with E-state index < -0.39 is 0 Å². The predicted octanol–water partition coefficient (Wildman–Crippen LogP) is 1.82. The molecule has 0 radical (unpaired) electrons. The summed E-state index contributed by atoms with van der Waals surface area (Å²) < 4.78 is 8.00. The van der Waals surface area contributed by atoms with Gasteiger partial charge in [0.25, 0.3) is 5.91 Å². The molecule has 1 atom stereocenters. The highest BCUT2D eigenvalue weighted by molar-refractivity contribution is 5.95. The van der Waals surface area contributed by atoms with Crippen molar-refractivity contribution in [3.05, 3.63) is 42.0 Å². The number of ether oxygens (including phenoxy) is 1. The van der Waals surface area contributed by atoms with Gasteiger partial charge in [0.15, 0.2) is 0 Å². The van der Waals surface area contributed by atoms with E-state index >= 15 is 0 Å². The molecule has 1 saturated carbocycles. The summed E-state index contributed by atoms with van der Waals surface area (Å²) in [7, 11) is 5.39. The van der Waals surface area contributed by atoms with E-state index in [4.69, 9.17) is 4.74 Å². The highest BCUT2D eigenvalue weighted by Gasteiger charge is 2.28. The minimum absolute atomic E-state index is 0.0297. The van der Waals surface area contributed by atoms with Gasteiger partial charge in [0.1, 0.15) is 12.4 Å². The molecule has 8 nitrogen and oxygen atoms in total. The first-order valence-corrected chi connectivity index (χ1v) is 9.92. The number of fused-ring (bicyclic) bond motifs is 1. The van der Waals surface area contributed by atoms with Crippen LogP contribution in [0.5, 0.6) is 5.75 Å². The van der Waals surface area contributed by atoms with Gasteiger partial charge in [-0.3, -0.25) is 9.59 Å². The van der Waals surface area contributed by atoms with Crippen LogP contribution in [0.2, 0.25) is 0 Å². The summed E-state index contributed by atoms with van der Waals surface area (Å²) in [4.78, 5) is 32.6. The normalized spacial score (nSPS) is 18.0. The first-order chi connectivity index (χ1) is 13.9. The summed E-state index contributed by atoms with van der Waals surface area (Å²) >= 11 is 0. The van der Waals surface area contributed by atoms with Crippen LogP contribution in [0.1, 0.15) is 41.4 Å². The standard InChI is InChI=1S/C21H27N5O3/c1-24(2)21(28)14-4-7-19-18(8-14)25(3)16(12-29-19)9-20(27)23-11-17-10-22-13-26(17)15-5-6-15/h4,7-8,10,13,15-16H,5-6,9,11-12H2,1-3H3,(H,23,27)/t16-/m0/s1. The van der Waals surface area contributed by atoms with Crippen LogP contribution in [0.3, 0.4) is 0 Å². The topological polar surface area (TPSA) is 79.7 Å². The monoisotopic (exact) mass is 397 g/mol. The molecule has 0 saturated heterocycles. The minimum atomic E-state index is -0.0967. The largest absolute Gasteiger partial charge is 0.489 e. The Labute approximate surface area is 170 Å². The zero-order valence-electron chi connectivity index (χ0n) is 17.1. The van der Waals surface area contributed by atoms with Gasteiger partial charge in [0.2, 0.25) is 5.91 Å². The average Bonchev–Trinajstić information content (AvgIpc) is 3.45. The maximum Gasteiger partial charge on any atom is 0.253 e. The number of nitrogens with one attached hydrogen (secondary N) is 1. The molecule has 0 spiro atoms. The lowest BCUT2D eigenvalue weighted by atomic mass is 10.1. The van der Waals surface area contributed by atoms with E-state index in [9.17, 15) is 9.59 Å². The van der Waals surface area contributed by atoms with E-state index in [-0.39, 0.29) is 17.9 Å².